The molecule has 32 heavy (non-hydrogen) atoms. The average molecular weight is 456 g/mol. The van der Waals surface area contributed by atoms with Gasteiger partial charge in [-0.25, -0.2) is 0 Å². The van der Waals surface area contributed by atoms with E-state index >= 15 is 0 Å². The molecule has 2 saturated heterocycles. The third kappa shape index (κ3) is 5.74. The monoisotopic (exact) mass is 455 g/mol. The normalized spacial score (nSPS) is 24.4. The van der Waals surface area contributed by atoms with Crippen LogP contribution in [0.5, 0.6) is 0 Å². The van der Waals surface area contributed by atoms with Crippen LogP contribution in [-0.2, 0) is 24.0 Å². The Bertz CT molecular complexity index is 757. The largest absolute Gasteiger partial charge is 0.391 e. The fraction of sp³-hybridized carbons (Fsp3) is 0.750. The first kappa shape index (κ1) is 25.5. The number of amides is 5. The van der Waals surface area contributed by atoms with Crippen molar-refractivity contribution >= 4 is 29.5 Å². The first-order valence-corrected chi connectivity index (χ1v) is 10.8. The zero-order valence-electron chi connectivity index (χ0n) is 18.6. The van der Waals surface area contributed by atoms with Gasteiger partial charge in [-0.3, -0.25) is 24.0 Å². The van der Waals surface area contributed by atoms with Crippen LogP contribution in [0.25, 0.3) is 0 Å². The number of hydrogen-bond acceptors (Lipinski definition) is 7. The Morgan fingerprint density at radius 2 is 1.41 bits per heavy atom. The van der Waals surface area contributed by atoms with Gasteiger partial charge in [-0.1, -0.05) is 0 Å². The van der Waals surface area contributed by atoms with Gasteiger partial charge in [-0.2, -0.15) is 0 Å². The van der Waals surface area contributed by atoms with Crippen molar-refractivity contribution in [2.75, 3.05) is 13.1 Å². The molecule has 12 heteroatoms. The summed E-state index contributed by atoms with van der Waals surface area (Å²) in [5, 5.41) is 24.5. The first-order chi connectivity index (χ1) is 15.0. The molecule has 0 aromatic carbocycles. The van der Waals surface area contributed by atoms with E-state index in [1.165, 1.54) is 30.6 Å². The van der Waals surface area contributed by atoms with Crippen molar-refractivity contribution in [3.63, 3.8) is 0 Å². The smallest absolute Gasteiger partial charge is 0.248 e. The van der Waals surface area contributed by atoms with E-state index in [1.54, 1.807) is 0 Å². The topological polar surface area (TPSA) is 182 Å². The number of hydrogen-bond donors (Lipinski definition) is 5. The van der Waals surface area contributed by atoms with Crippen molar-refractivity contribution in [2.45, 2.75) is 82.8 Å². The quantitative estimate of drug-likeness (QED) is 0.262. The second-order valence-corrected chi connectivity index (χ2v) is 8.43. The van der Waals surface area contributed by atoms with Crippen molar-refractivity contribution < 1.29 is 34.2 Å². The molecule has 5 amide bonds. The Morgan fingerprint density at radius 1 is 0.875 bits per heavy atom. The van der Waals surface area contributed by atoms with Crippen LogP contribution in [0, 0.1) is 0 Å². The number of aliphatic hydroxyl groups excluding tert-OH is 2. The number of nitrogens with zero attached hydrogens (tertiary/aromatic N) is 2. The van der Waals surface area contributed by atoms with Gasteiger partial charge in [0.05, 0.1) is 12.2 Å². The van der Waals surface area contributed by atoms with Gasteiger partial charge in [0.2, 0.25) is 29.5 Å². The van der Waals surface area contributed by atoms with E-state index < -0.39 is 65.9 Å². The molecule has 12 nitrogen and oxygen atoms in total. The highest BCUT2D eigenvalue weighted by Crippen LogP contribution is 2.26. The maximum absolute atomic E-state index is 13.3. The van der Waals surface area contributed by atoms with Gasteiger partial charge >= 0.3 is 0 Å². The zero-order chi connectivity index (χ0) is 24.2. The van der Waals surface area contributed by atoms with Crippen LogP contribution in [0.3, 0.4) is 0 Å². The molecule has 0 aromatic heterocycles. The second-order valence-electron chi connectivity index (χ2n) is 8.43. The summed E-state index contributed by atoms with van der Waals surface area (Å²) in [5.74, 6) is -2.94. The van der Waals surface area contributed by atoms with Crippen molar-refractivity contribution in [1.29, 1.82) is 0 Å². The highest BCUT2D eigenvalue weighted by Gasteiger charge is 2.44. The Balaban J connectivity index is 2.15. The Kier molecular flexibility index (Phi) is 8.56. The molecule has 0 saturated carbocycles. The number of primary amides is 1. The number of carbonyl (C=O) groups excluding carboxylic acids is 5. The maximum Gasteiger partial charge on any atom is 0.248 e. The van der Waals surface area contributed by atoms with E-state index in [4.69, 9.17) is 5.73 Å². The van der Waals surface area contributed by atoms with Crippen LogP contribution in [0.2, 0.25) is 0 Å². The summed E-state index contributed by atoms with van der Waals surface area (Å²) in [4.78, 5) is 64.7. The molecule has 0 bridgehead atoms. The molecule has 2 aliphatic heterocycles. The predicted octanol–water partition coefficient (Wildman–Crippen LogP) is -2.80. The van der Waals surface area contributed by atoms with Crippen molar-refractivity contribution in [2.24, 2.45) is 5.73 Å². The summed E-state index contributed by atoms with van der Waals surface area (Å²) < 4.78 is 0. The lowest BCUT2D eigenvalue weighted by Gasteiger charge is -2.33. The third-order valence-corrected chi connectivity index (χ3v) is 5.85. The molecule has 2 heterocycles. The molecule has 0 radical (unpaired) electrons. The molecule has 180 valence electrons. The molecule has 0 spiro atoms. The maximum atomic E-state index is 13.3. The number of rotatable bonds is 8. The Labute approximate surface area is 186 Å². The lowest BCUT2D eigenvalue weighted by Crippen LogP contribution is -2.59. The molecule has 2 aliphatic rings. The van der Waals surface area contributed by atoms with Crippen molar-refractivity contribution in [1.82, 2.24) is 20.4 Å². The van der Waals surface area contributed by atoms with E-state index in [0.717, 1.165) is 0 Å². The highest BCUT2D eigenvalue weighted by molar-refractivity contribution is 5.96. The van der Waals surface area contributed by atoms with Gasteiger partial charge in [0.15, 0.2) is 0 Å². The molecule has 2 rings (SSSR count). The summed E-state index contributed by atoms with van der Waals surface area (Å²) in [5.41, 5.74) is 5.23. The van der Waals surface area contributed by atoms with E-state index in [2.05, 4.69) is 10.6 Å². The van der Waals surface area contributed by atoms with Crippen LogP contribution >= 0.6 is 0 Å². The Morgan fingerprint density at radius 3 is 1.91 bits per heavy atom. The predicted molar refractivity (Wildman–Crippen MR) is 112 cm³/mol. The van der Waals surface area contributed by atoms with Gasteiger partial charge < -0.3 is 36.4 Å². The summed E-state index contributed by atoms with van der Waals surface area (Å²) in [7, 11) is 0. The van der Waals surface area contributed by atoms with Gasteiger partial charge in [0, 0.05) is 20.0 Å². The van der Waals surface area contributed by atoms with E-state index in [-0.39, 0.29) is 6.54 Å². The number of likely N-dealkylation sites (tertiary alicyclic amines) is 2. The van der Waals surface area contributed by atoms with E-state index in [9.17, 15) is 34.2 Å². The van der Waals surface area contributed by atoms with Crippen LogP contribution in [0.4, 0.5) is 0 Å². The minimum absolute atomic E-state index is 0.286. The van der Waals surface area contributed by atoms with Gasteiger partial charge in [0.25, 0.3) is 0 Å². The standard InChI is InChI=1S/C20H33N5O7/c1-10(26)15(17(21)29)23-18(30)13-6-4-8-24(13)19(31)14-7-5-9-25(14)20(32)16(11(2)27)22-12(3)28/h10-11,13-16,26-27H,4-9H2,1-3H3,(H2,21,29)(H,22,28)(H,23,30)/t10-,11-,13-,14+,15+,16+/m1/s1. The SMILES string of the molecule is CC(=O)N[C@H](C(=O)N1CCC[C@H]1C(=O)N1CCC[C@@H]1C(=O)N[C@H](C(N)=O)[C@@H](C)O)[C@@H](C)O. The lowest BCUT2D eigenvalue weighted by atomic mass is 10.1. The van der Waals surface area contributed by atoms with Crippen LogP contribution in [-0.4, -0.2) is 99.0 Å². The van der Waals surface area contributed by atoms with Crippen molar-refractivity contribution in [3.05, 3.63) is 0 Å². The fourth-order valence-corrected chi connectivity index (χ4v) is 4.25. The number of nitrogens with one attached hydrogen (secondary N) is 2. The summed E-state index contributed by atoms with van der Waals surface area (Å²) in [6, 6.07) is -4.15. The number of nitrogens with two attached hydrogens (primary N) is 1. The van der Waals surface area contributed by atoms with Gasteiger partial charge in [0.1, 0.15) is 24.2 Å². The highest BCUT2D eigenvalue weighted by atomic mass is 16.3. The molecular formula is C20H33N5O7. The lowest BCUT2D eigenvalue weighted by molar-refractivity contribution is -0.149. The summed E-state index contributed by atoms with van der Waals surface area (Å²) >= 11 is 0. The molecule has 0 unspecified atom stereocenters. The summed E-state index contributed by atoms with van der Waals surface area (Å²) in [6.45, 7) is 4.52. The molecule has 6 atom stereocenters. The van der Waals surface area contributed by atoms with E-state index in [1.807, 2.05) is 0 Å². The third-order valence-electron chi connectivity index (χ3n) is 5.85. The fourth-order valence-electron chi connectivity index (χ4n) is 4.25. The first-order valence-electron chi connectivity index (χ1n) is 10.8. The summed E-state index contributed by atoms with van der Waals surface area (Å²) in [6.07, 6.45) is -0.477. The van der Waals surface area contributed by atoms with Crippen LogP contribution < -0.4 is 16.4 Å². The molecule has 2 fully saturated rings. The second kappa shape index (κ2) is 10.7. The molecule has 6 N–H and O–H groups in total. The minimum Gasteiger partial charge on any atom is -0.391 e. The van der Waals surface area contributed by atoms with E-state index in [0.29, 0.717) is 32.2 Å². The molecule has 0 aliphatic carbocycles. The number of carbonyl (C=O) groups is 5. The van der Waals surface area contributed by atoms with Crippen LogP contribution in [0.15, 0.2) is 0 Å². The molecule has 0 aromatic rings. The van der Waals surface area contributed by atoms with Crippen molar-refractivity contribution in [3.8, 4) is 0 Å². The van der Waals surface area contributed by atoms with Gasteiger partial charge in [-0.15, -0.1) is 0 Å². The molecular weight excluding hydrogens is 422 g/mol. The number of aliphatic hydroxyl groups is 2. The average Bonchev–Trinajstić information content (AvgIpc) is 3.37. The zero-order valence-corrected chi connectivity index (χ0v) is 18.6. The van der Waals surface area contributed by atoms with Crippen LogP contribution in [0.1, 0.15) is 46.5 Å². The Hall–Kier alpha value is -2.73. The van der Waals surface area contributed by atoms with Gasteiger partial charge in [-0.05, 0) is 39.5 Å². The minimum atomic E-state index is -1.28.